The number of hydrogen-bond acceptors (Lipinski definition) is 9. The first-order valence-electron chi connectivity index (χ1n) is 13.4. The number of carbonyl (C=O) groups is 3. The van der Waals surface area contributed by atoms with Crippen molar-refractivity contribution in [3.8, 4) is 0 Å². The average Bonchev–Trinajstić information content (AvgIpc) is 2.87. The SMILES string of the molecule is C=CCCCCC(=O)O[C@H]1/C(=C/C(=O)OC)C[C@@H](C[C@@H](O)[C@@H](C)OCCCC)O[C@@]1(O)C(C)(C)/C=C/C=O. The van der Waals surface area contributed by atoms with Crippen LogP contribution >= 0.6 is 0 Å². The second kappa shape index (κ2) is 16.6. The molecule has 1 heterocycles. The molecular formula is C29H46O9. The summed E-state index contributed by atoms with van der Waals surface area (Å²) in [5.41, 5.74) is -0.960. The van der Waals surface area contributed by atoms with Crippen LogP contribution < -0.4 is 0 Å². The molecule has 0 aromatic rings. The second-order valence-electron chi connectivity index (χ2n) is 10.2. The molecule has 0 spiro atoms. The summed E-state index contributed by atoms with van der Waals surface area (Å²) in [4.78, 5) is 36.2. The summed E-state index contributed by atoms with van der Waals surface area (Å²) in [7, 11) is 1.22. The second-order valence-corrected chi connectivity index (χ2v) is 10.2. The quantitative estimate of drug-likeness (QED) is 0.0929. The molecule has 1 rings (SSSR count). The Balaban J connectivity index is 3.36. The highest BCUT2D eigenvalue weighted by Crippen LogP contribution is 2.46. The third-order valence-corrected chi connectivity index (χ3v) is 6.73. The maximum absolute atomic E-state index is 12.8. The molecule has 0 unspecified atom stereocenters. The highest BCUT2D eigenvalue weighted by molar-refractivity contribution is 5.83. The number of aliphatic hydroxyl groups is 2. The number of unbranched alkanes of at least 4 members (excludes halogenated alkanes) is 3. The van der Waals surface area contributed by atoms with Crippen LogP contribution in [0.2, 0.25) is 0 Å². The fraction of sp³-hybridized carbons (Fsp3) is 0.690. The summed E-state index contributed by atoms with van der Waals surface area (Å²) in [5, 5.41) is 22.8. The topological polar surface area (TPSA) is 129 Å². The monoisotopic (exact) mass is 538 g/mol. The van der Waals surface area contributed by atoms with Gasteiger partial charge in [-0.2, -0.15) is 0 Å². The summed E-state index contributed by atoms with van der Waals surface area (Å²) in [6.07, 6.45) is 6.85. The van der Waals surface area contributed by atoms with Crippen LogP contribution in [0.3, 0.4) is 0 Å². The molecule has 1 aliphatic rings. The average molecular weight is 539 g/mol. The zero-order valence-electron chi connectivity index (χ0n) is 23.5. The molecule has 216 valence electrons. The smallest absolute Gasteiger partial charge is 0.330 e. The van der Waals surface area contributed by atoms with E-state index in [-0.39, 0.29) is 24.8 Å². The predicted molar refractivity (Wildman–Crippen MR) is 143 cm³/mol. The standard InChI is InChI=1S/C29H46O9/c1-7-9-11-12-14-25(32)37-27-22(19-26(33)35-6)18-23(20-24(31)21(3)36-17-10-8-2)38-29(27,34)28(4,5)15-13-16-30/h7,13,15-16,19,21,23-24,27,31,34H,1,8-12,14,17-18,20H2,2-6H3/b15-13+,22-19+/t21-,23+,24-,27+,29-/m1/s1. The Morgan fingerprint density at radius 3 is 2.61 bits per heavy atom. The molecule has 0 radical (unpaired) electrons. The number of aldehydes is 1. The summed E-state index contributed by atoms with van der Waals surface area (Å²) >= 11 is 0. The predicted octanol–water partition coefficient (Wildman–Crippen LogP) is 3.96. The van der Waals surface area contributed by atoms with Gasteiger partial charge in [0.25, 0.3) is 0 Å². The van der Waals surface area contributed by atoms with E-state index < -0.39 is 47.6 Å². The lowest BCUT2D eigenvalue weighted by Gasteiger charge is -2.50. The van der Waals surface area contributed by atoms with E-state index in [9.17, 15) is 24.6 Å². The highest BCUT2D eigenvalue weighted by Gasteiger charge is 2.57. The van der Waals surface area contributed by atoms with E-state index in [0.717, 1.165) is 25.7 Å². The van der Waals surface area contributed by atoms with Gasteiger partial charge in [-0.3, -0.25) is 9.59 Å². The number of aliphatic hydroxyl groups excluding tert-OH is 1. The molecule has 5 atom stereocenters. The molecule has 1 fully saturated rings. The molecule has 1 aliphatic heterocycles. The van der Waals surface area contributed by atoms with Gasteiger partial charge in [0.15, 0.2) is 6.10 Å². The van der Waals surface area contributed by atoms with Crippen LogP contribution in [0, 0.1) is 5.41 Å². The molecule has 0 aliphatic carbocycles. The maximum atomic E-state index is 12.8. The minimum Gasteiger partial charge on any atom is -0.466 e. The van der Waals surface area contributed by atoms with E-state index in [0.29, 0.717) is 19.3 Å². The molecule has 0 aromatic carbocycles. The number of allylic oxidation sites excluding steroid dienone is 2. The summed E-state index contributed by atoms with van der Waals surface area (Å²) < 4.78 is 22.4. The molecular weight excluding hydrogens is 492 g/mol. The van der Waals surface area contributed by atoms with Gasteiger partial charge in [-0.15, -0.1) is 6.58 Å². The normalized spacial score (nSPS) is 24.7. The van der Waals surface area contributed by atoms with Crippen molar-refractivity contribution in [3.63, 3.8) is 0 Å². The molecule has 0 amide bonds. The molecule has 0 saturated carbocycles. The zero-order valence-corrected chi connectivity index (χ0v) is 23.5. The number of esters is 2. The van der Waals surface area contributed by atoms with Crippen LogP contribution in [0.5, 0.6) is 0 Å². The fourth-order valence-electron chi connectivity index (χ4n) is 4.23. The van der Waals surface area contributed by atoms with E-state index in [4.69, 9.17) is 18.9 Å². The lowest BCUT2D eigenvalue weighted by molar-refractivity contribution is -0.327. The van der Waals surface area contributed by atoms with Gasteiger partial charge >= 0.3 is 11.9 Å². The number of methoxy groups -OCH3 is 1. The van der Waals surface area contributed by atoms with Crippen molar-refractivity contribution >= 4 is 18.2 Å². The van der Waals surface area contributed by atoms with Crippen LogP contribution in [0.25, 0.3) is 0 Å². The minimum atomic E-state index is -2.17. The first-order valence-corrected chi connectivity index (χ1v) is 13.4. The van der Waals surface area contributed by atoms with Gasteiger partial charge in [0, 0.05) is 30.9 Å². The van der Waals surface area contributed by atoms with Crippen LogP contribution in [-0.4, -0.2) is 72.4 Å². The van der Waals surface area contributed by atoms with Gasteiger partial charge in [0.2, 0.25) is 5.79 Å². The molecule has 1 saturated heterocycles. The highest BCUT2D eigenvalue weighted by atomic mass is 16.7. The zero-order chi connectivity index (χ0) is 28.8. The Bertz CT molecular complexity index is 832. The number of hydrogen-bond donors (Lipinski definition) is 2. The maximum Gasteiger partial charge on any atom is 0.330 e. The Morgan fingerprint density at radius 2 is 2.00 bits per heavy atom. The fourth-order valence-corrected chi connectivity index (χ4v) is 4.23. The lowest BCUT2D eigenvalue weighted by Crippen LogP contribution is -2.62. The summed E-state index contributed by atoms with van der Waals surface area (Å²) in [5.74, 6) is -3.42. The van der Waals surface area contributed by atoms with Crippen LogP contribution in [0.1, 0.15) is 79.1 Å². The molecule has 38 heavy (non-hydrogen) atoms. The van der Waals surface area contributed by atoms with Gasteiger partial charge in [0.1, 0.15) is 6.29 Å². The third kappa shape index (κ3) is 10.1. The van der Waals surface area contributed by atoms with E-state index in [1.807, 2.05) is 6.92 Å². The van der Waals surface area contributed by atoms with Crippen molar-refractivity contribution < 1.29 is 43.5 Å². The largest absolute Gasteiger partial charge is 0.466 e. The van der Waals surface area contributed by atoms with Crippen molar-refractivity contribution in [2.75, 3.05) is 13.7 Å². The Labute approximate surface area is 226 Å². The van der Waals surface area contributed by atoms with Gasteiger partial charge in [-0.25, -0.2) is 4.79 Å². The van der Waals surface area contributed by atoms with E-state index in [1.54, 1.807) is 26.8 Å². The minimum absolute atomic E-state index is 0.0871. The van der Waals surface area contributed by atoms with Gasteiger partial charge in [0.05, 0.1) is 25.4 Å². The van der Waals surface area contributed by atoms with Crippen LogP contribution in [-0.2, 0) is 33.3 Å². The summed E-state index contributed by atoms with van der Waals surface area (Å²) in [6.45, 7) is 11.2. The van der Waals surface area contributed by atoms with Crippen molar-refractivity contribution in [1.82, 2.24) is 0 Å². The summed E-state index contributed by atoms with van der Waals surface area (Å²) in [6, 6.07) is 0. The van der Waals surface area contributed by atoms with E-state index in [2.05, 4.69) is 6.58 Å². The van der Waals surface area contributed by atoms with E-state index >= 15 is 0 Å². The third-order valence-electron chi connectivity index (χ3n) is 6.73. The van der Waals surface area contributed by atoms with Crippen LogP contribution in [0.15, 0.2) is 36.5 Å². The number of ether oxygens (including phenoxy) is 4. The molecule has 9 heteroatoms. The van der Waals surface area contributed by atoms with Crippen LogP contribution in [0.4, 0.5) is 0 Å². The lowest BCUT2D eigenvalue weighted by atomic mass is 9.74. The molecule has 0 bridgehead atoms. The van der Waals surface area contributed by atoms with Crippen molar-refractivity contribution in [2.24, 2.45) is 5.41 Å². The first kappa shape index (κ1) is 33.7. The van der Waals surface area contributed by atoms with Gasteiger partial charge in [-0.1, -0.05) is 39.3 Å². The number of carbonyl (C=O) groups excluding carboxylic acids is 3. The van der Waals surface area contributed by atoms with Crippen molar-refractivity contribution in [3.05, 3.63) is 36.5 Å². The van der Waals surface area contributed by atoms with E-state index in [1.165, 1.54) is 25.3 Å². The Hall–Kier alpha value is -2.33. The van der Waals surface area contributed by atoms with Crippen molar-refractivity contribution in [1.29, 1.82) is 0 Å². The Morgan fingerprint density at radius 1 is 1.29 bits per heavy atom. The molecule has 9 nitrogen and oxygen atoms in total. The van der Waals surface area contributed by atoms with Crippen molar-refractivity contribution in [2.45, 2.75) is 109 Å². The number of rotatable bonds is 17. The molecule has 0 aromatic heterocycles. The van der Waals surface area contributed by atoms with Gasteiger partial charge < -0.3 is 29.2 Å². The first-order chi connectivity index (χ1) is 17.9. The molecule has 2 N–H and O–H groups in total. The van der Waals surface area contributed by atoms with Gasteiger partial charge in [-0.05, 0) is 50.7 Å². The Kier molecular flexibility index (Phi) is 14.7.